The lowest BCUT2D eigenvalue weighted by atomic mass is 10.1. The number of hydrogen-bond acceptors (Lipinski definition) is 0. The molecule has 0 aromatic rings. The van der Waals surface area contributed by atoms with Gasteiger partial charge in [0.05, 0.1) is 0 Å². The van der Waals surface area contributed by atoms with Gasteiger partial charge in [-0.05, 0) is 33.1 Å². The predicted molar refractivity (Wildman–Crippen MR) is 46.0 cm³/mol. The fourth-order valence-electron chi connectivity index (χ4n) is 1.48. The summed E-state index contributed by atoms with van der Waals surface area (Å²) in [6.45, 7) is 6.69. The summed E-state index contributed by atoms with van der Waals surface area (Å²) in [7, 11) is 0. The van der Waals surface area contributed by atoms with Gasteiger partial charge in [0.25, 0.3) is 0 Å². The molecule has 0 nitrogen and oxygen atoms in total. The van der Waals surface area contributed by atoms with Gasteiger partial charge in [-0.3, -0.25) is 0 Å². The van der Waals surface area contributed by atoms with Crippen LogP contribution in [0.25, 0.3) is 0 Å². The highest BCUT2D eigenvalue weighted by molar-refractivity contribution is 5.30. The smallest absolute Gasteiger partial charge is 0.0105 e. The van der Waals surface area contributed by atoms with Crippen LogP contribution in [0.4, 0.5) is 0 Å². The molecule has 0 saturated carbocycles. The minimum atomic E-state index is 1.19. The summed E-state index contributed by atoms with van der Waals surface area (Å²) < 4.78 is 0. The van der Waals surface area contributed by atoms with E-state index in [0.29, 0.717) is 0 Å². The molecular formula is C10H16. The minimum Gasteiger partial charge on any atom is -0.0850 e. The lowest BCUT2D eigenvalue weighted by Gasteiger charge is -1.92. The first kappa shape index (κ1) is 7.59. The highest BCUT2D eigenvalue weighted by Crippen LogP contribution is 2.29. The van der Waals surface area contributed by atoms with Crippen LogP contribution in [0.5, 0.6) is 0 Å². The molecule has 0 unspecified atom stereocenters. The summed E-state index contributed by atoms with van der Waals surface area (Å²) in [5.74, 6) is 0. The average Bonchev–Trinajstić information content (AvgIpc) is 2.14. The van der Waals surface area contributed by atoms with E-state index >= 15 is 0 Å². The zero-order valence-corrected chi connectivity index (χ0v) is 7.20. The molecule has 0 bridgehead atoms. The Bertz CT molecular complexity index is 166. The largest absolute Gasteiger partial charge is 0.0850 e. The van der Waals surface area contributed by atoms with Crippen molar-refractivity contribution >= 4 is 0 Å². The zero-order valence-electron chi connectivity index (χ0n) is 7.20. The Hall–Kier alpha value is -0.520. The maximum absolute atomic E-state index is 2.36. The van der Waals surface area contributed by atoms with Crippen molar-refractivity contribution in [2.45, 2.75) is 40.0 Å². The molecule has 0 atom stereocenters. The van der Waals surface area contributed by atoms with Crippen LogP contribution in [0, 0.1) is 0 Å². The maximum Gasteiger partial charge on any atom is -0.0105 e. The molecule has 0 aliphatic heterocycles. The van der Waals surface area contributed by atoms with Crippen LogP contribution < -0.4 is 0 Å². The molecule has 0 radical (unpaired) electrons. The Labute approximate surface area is 63.6 Å². The van der Waals surface area contributed by atoms with Crippen LogP contribution in [-0.4, -0.2) is 0 Å². The van der Waals surface area contributed by atoms with Crippen molar-refractivity contribution in [1.82, 2.24) is 0 Å². The third-order valence-electron chi connectivity index (χ3n) is 2.21. The molecular weight excluding hydrogens is 120 g/mol. The molecule has 0 spiro atoms. The van der Waals surface area contributed by atoms with E-state index in [1.807, 2.05) is 0 Å². The summed E-state index contributed by atoms with van der Waals surface area (Å²) >= 11 is 0. The van der Waals surface area contributed by atoms with Crippen molar-refractivity contribution in [3.63, 3.8) is 0 Å². The third-order valence-corrected chi connectivity index (χ3v) is 2.21. The first-order valence-corrected chi connectivity index (χ1v) is 4.07. The molecule has 0 saturated heterocycles. The van der Waals surface area contributed by atoms with E-state index in [2.05, 4.69) is 26.8 Å². The van der Waals surface area contributed by atoms with E-state index in [0.717, 1.165) is 0 Å². The first-order chi connectivity index (χ1) is 4.74. The molecule has 0 aromatic carbocycles. The van der Waals surface area contributed by atoms with Gasteiger partial charge in [0.1, 0.15) is 0 Å². The molecule has 0 amide bonds. The van der Waals surface area contributed by atoms with Crippen LogP contribution >= 0.6 is 0 Å². The van der Waals surface area contributed by atoms with Crippen LogP contribution in [0.3, 0.4) is 0 Å². The summed E-state index contributed by atoms with van der Waals surface area (Å²) in [5.41, 5.74) is 4.79. The summed E-state index contributed by atoms with van der Waals surface area (Å²) in [4.78, 5) is 0. The molecule has 1 rings (SSSR count). The molecule has 56 valence electrons. The quantitative estimate of drug-likeness (QED) is 0.484. The van der Waals surface area contributed by atoms with Crippen molar-refractivity contribution in [2.75, 3.05) is 0 Å². The number of rotatable bonds is 1. The Morgan fingerprint density at radius 2 is 1.70 bits per heavy atom. The molecule has 1 aliphatic carbocycles. The van der Waals surface area contributed by atoms with Gasteiger partial charge in [0.15, 0.2) is 0 Å². The van der Waals surface area contributed by atoms with Gasteiger partial charge in [-0.1, -0.05) is 29.7 Å². The van der Waals surface area contributed by atoms with E-state index < -0.39 is 0 Å². The average molecular weight is 136 g/mol. The van der Waals surface area contributed by atoms with Crippen LogP contribution in [0.15, 0.2) is 22.8 Å². The molecule has 0 fully saturated rings. The van der Waals surface area contributed by atoms with Crippen LogP contribution in [0.2, 0.25) is 0 Å². The Morgan fingerprint density at radius 3 is 2.10 bits per heavy atom. The van der Waals surface area contributed by atoms with Crippen molar-refractivity contribution in [1.29, 1.82) is 0 Å². The second kappa shape index (κ2) is 3.05. The van der Waals surface area contributed by atoms with Gasteiger partial charge in [-0.15, -0.1) is 0 Å². The Kier molecular flexibility index (Phi) is 2.31. The first-order valence-electron chi connectivity index (χ1n) is 4.07. The minimum absolute atomic E-state index is 1.19. The standard InChI is InChI=1S/C10H16/c1-4-5-10-6-8(2)9(3)7-10/h5H,4,6-7H2,1-3H3. The molecule has 0 heterocycles. The second-order valence-electron chi connectivity index (χ2n) is 3.18. The van der Waals surface area contributed by atoms with Gasteiger partial charge in [-0.2, -0.15) is 0 Å². The molecule has 0 heteroatoms. The van der Waals surface area contributed by atoms with Gasteiger partial charge in [-0.25, -0.2) is 0 Å². The third kappa shape index (κ3) is 1.50. The highest BCUT2D eigenvalue weighted by Gasteiger charge is 2.10. The summed E-state index contributed by atoms with van der Waals surface area (Å²) in [6.07, 6.45) is 6.02. The second-order valence-corrected chi connectivity index (χ2v) is 3.18. The van der Waals surface area contributed by atoms with Crippen LogP contribution in [0.1, 0.15) is 40.0 Å². The topological polar surface area (TPSA) is 0 Å². The molecule has 0 aromatic heterocycles. The van der Waals surface area contributed by atoms with E-state index in [9.17, 15) is 0 Å². The van der Waals surface area contributed by atoms with Crippen molar-refractivity contribution in [2.24, 2.45) is 0 Å². The van der Waals surface area contributed by atoms with Gasteiger partial charge < -0.3 is 0 Å². The van der Waals surface area contributed by atoms with Crippen molar-refractivity contribution in [3.05, 3.63) is 22.8 Å². The SMILES string of the molecule is CCC=C1CC(C)=C(C)C1. The fraction of sp³-hybridized carbons (Fsp3) is 0.600. The summed E-state index contributed by atoms with van der Waals surface area (Å²) in [5, 5.41) is 0. The van der Waals surface area contributed by atoms with E-state index in [1.54, 1.807) is 16.7 Å². The molecule has 10 heavy (non-hydrogen) atoms. The number of allylic oxidation sites excluding steroid dienone is 4. The highest BCUT2D eigenvalue weighted by atomic mass is 14.2. The van der Waals surface area contributed by atoms with Gasteiger partial charge >= 0.3 is 0 Å². The fourth-order valence-corrected chi connectivity index (χ4v) is 1.48. The van der Waals surface area contributed by atoms with Gasteiger partial charge in [0, 0.05) is 0 Å². The normalized spacial score (nSPS) is 18.5. The lowest BCUT2D eigenvalue weighted by molar-refractivity contribution is 1.08. The molecule has 1 aliphatic rings. The zero-order chi connectivity index (χ0) is 7.56. The number of hydrogen-bond donors (Lipinski definition) is 0. The van der Waals surface area contributed by atoms with Crippen molar-refractivity contribution < 1.29 is 0 Å². The monoisotopic (exact) mass is 136 g/mol. The summed E-state index contributed by atoms with van der Waals surface area (Å²) in [6, 6.07) is 0. The molecule has 0 N–H and O–H groups in total. The Morgan fingerprint density at radius 1 is 1.20 bits per heavy atom. The van der Waals surface area contributed by atoms with Crippen LogP contribution in [-0.2, 0) is 0 Å². The van der Waals surface area contributed by atoms with E-state index in [1.165, 1.54) is 19.3 Å². The van der Waals surface area contributed by atoms with Gasteiger partial charge in [0.2, 0.25) is 0 Å². The Balaban J connectivity index is 2.59. The van der Waals surface area contributed by atoms with E-state index in [4.69, 9.17) is 0 Å². The lowest BCUT2D eigenvalue weighted by Crippen LogP contribution is -1.73. The van der Waals surface area contributed by atoms with E-state index in [-0.39, 0.29) is 0 Å². The predicted octanol–water partition coefficient (Wildman–Crippen LogP) is 3.45. The maximum atomic E-state index is 2.36. The van der Waals surface area contributed by atoms with Crippen molar-refractivity contribution in [3.8, 4) is 0 Å².